The first-order valence-corrected chi connectivity index (χ1v) is 9.32. The predicted octanol–water partition coefficient (Wildman–Crippen LogP) is 2.77. The van der Waals surface area contributed by atoms with Gasteiger partial charge in [-0.2, -0.15) is 0 Å². The van der Waals surface area contributed by atoms with Gasteiger partial charge in [-0.05, 0) is 12.8 Å². The number of nitrogens with zero attached hydrogens (tertiary/aromatic N) is 3. The number of amides is 2. The molecule has 8 heteroatoms. The number of hydrogen-bond donors (Lipinski definition) is 1. The lowest BCUT2D eigenvalue weighted by Gasteiger charge is -2.19. The van der Waals surface area contributed by atoms with Crippen molar-refractivity contribution in [3.05, 3.63) is 0 Å². The van der Waals surface area contributed by atoms with Crippen molar-refractivity contribution < 1.29 is 9.59 Å². The van der Waals surface area contributed by atoms with Crippen LogP contribution in [-0.2, 0) is 9.59 Å². The fraction of sp³-hybridized carbons (Fsp3) is 0.714. The highest BCUT2D eigenvalue weighted by molar-refractivity contribution is 8.01. The van der Waals surface area contributed by atoms with Crippen LogP contribution in [-0.4, -0.2) is 45.3 Å². The number of anilines is 1. The molecule has 1 aliphatic heterocycles. The van der Waals surface area contributed by atoms with Crippen LogP contribution in [0.1, 0.15) is 46.0 Å². The third-order valence-electron chi connectivity index (χ3n) is 3.27. The van der Waals surface area contributed by atoms with E-state index in [-0.39, 0.29) is 11.8 Å². The first-order chi connectivity index (χ1) is 10.5. The molecule has 2 amide bonds. The maximum Gasteiger partial charge on any atom is 0.227 e. The summed E-state index contributed by atoms with van der Waals surface area (Å²) in [6.45, 7) is 5.42. The molecule has 6 nitrogen and oxygen atoms in total. The molecule has 1 fully saturated rings. The van der Waals surface area contributed by atoms with Crippen molar-refractivity contribution in [3.63, 3.8) is 0 Å². The minimum absolute atomic E-state index is 0.116. The zero-order chi connectivity index (χ0) is 15.9. The Morgan fingerprint density at radius 2 is 2.18 bits per heavy atom. The molecule has 2 heterocycles. The fourth-order valence-corrected chi connectivity index (χ4v) is 4.19. The van der Waals surface area contributed by atoms with Gasteiger partial charge in [-0.25, -0.2) is 0 Å². The third kappa shape index (κ3) is 5.57. The van der Waals surface area contributed by atoms with Crippen LogP contribution in [0.25, 0.3) is 0 Å². The quantitative estimate of drug-likeness (QED) is 0.635. The highest BCUT2D eigenvalue weighted by Gasteiger charge is 2.17. The Morgan fingerprint density at radius 1 is 1.36 bits per heavy atom. The van der Waals surface area contributed by atoms with Crippen LogP contribution in [0.4, 0.5) is 5.13 Å². The van der Waals surface area contributed by atoms with Crippen molar-refractivity contribution in [2.45, 2.75) is 55.5 Å². The third-order valence-corrected chi connectivity index (χ3v) is 5.20. The van der Waals surface area contributed by atoms with Gasteiger partial charge in [0.15, 0.2) is 4.34 Å². The molecular weight excluding hydrogens is 320 g/mol. The smallest absolute Gasteiger partial charge is 0.227 e. The van der Waals surface area contributed by atoms with Crippen molar-refractivity contribution in [2.24, 2.45) is 0 Å². The Bertz CT molecular complexity index is 519. The van der Waals surface area contributed by atoms with E-state index in [1.807, 2.05) is 0 Å². The Morgan fingerprint density at radius 3 is 2.95 bits per heavy atom. The molecule has 0 aliphatic carbocycles. The molecule has 0 radical (unpaired) electrons. The van der Waals surface area contributed by atoms with Crippen molar-refractivity contribution in [1.82, 2.24) is 15.1 Å². The first-order valence-electron chi connectivity index (χ1n) is 7.62. The van der Waals surface area contributed by atoms with E-state index in [2.05, 4.69) is 29.4 Å². The average molecular weight is 342 g/mol. The Labute approximate surface area is 139 Å². The van der Waals surface area contributed by atoms with Gasteiger partial charge in [-0.1, -0.05) is 43.4 Å². The van der Waals surface area contributed by atoms with Crippen LogP contribution in [0.5, 0.6) is 0 Å². The second-order valence-electron chi connectivity index (χ2n) is 5.53. The van der Waals surface area contributed by atoms with Gasteiger partial charge >= 0.3 is 0 Å². The first kappa shape index (κ1) is 17.2. The van der Waals surface area contributed by atoms with E-state index in [9.17, 15) is 9.59 Å². The highest BCUT2D eigenvalue weighted by atomic mass is 32.2. The Kier molecular flexibility index (Phi) is 6.63. The summed E-state index contributed by atoms with van der Waals surface area (Å²) in [5.74, 6) is 0.0473. The average Bonchev–Trinajstić information content (AvgIpc) is 2.76. The monoisotopic (exact) mass is 342 g/mol. The lowest BCUT2D eigenvalue weighted by molar-refractivity contribution is -0.131. The van der Waals surface area contributed by atoms with Crippen LogP contribution in [0.2, 0.25) is 0 Å². The molecule has 0 unspecified atom stereocenters. The number of carbonyl (C=O) groups is 2. The second-order valence-corrected chi connectivity index (χ2v) is 8.33. The number of aromatic nitrogens is 2. The van der Waals surface area contributed by atoms with E-state index in [0.717, 1.165) is 30.1 Å². The number of likely N-dealkylation sites (tertiary alicyclic amines) is 1. The van der Waals surface area contributed by atoms with Gasteiger partial charge in [0, 0.05) is 31.2 Å². The zero-order valence-electron chi connectivity index (χ0n) is 13.0. The lowest BCUT2D eigenvalue weighted by Crippen LogP contribution is -2.33. The van der Waals surface area contributed by atoms with Gasteiger partial charge in [0.2, 0.25) is 16.9 Å². The molecule has 122 valence electrons. The molecule has 0 aromatic carbocycles. The zero-order valence-corrected chi connectivity index (χ0v) is 14.6. The van der Waals surface area contributed by atoms with E-state index >= 15 is 0 Å². The van der Waals surface area contributed by atoms with Crippen molar-refractivity contribution in [2.75, 3.05) is 18.4 Å². The Hall–Kier alpha value is -1.15. The number of thioether (sulfide) groups is 1. The normalized spacial score (nSPS) is 16.0. The summed E-state index contributed by atoms with van der Waals surface area (Å²) >= 11 is 3.01. The number of nitrogens with one attached hydrogen (secondary N) is 1. The fourth-order valence-electron chi connectivity index (χ4n) is 2.20. The van der Waals surface area contributed by atoms with Gasteiger partial charge in [-0.3, -0.25) is 9.59 Å². The number of carbonyl (C=O) groups excluding carboxylic acids is 2. The molecule has 1 aromatic heterocycles. The van der Waals surface area contributed by atoms with Gasteiger partial charge < -0.3 is 10.2 Å². The minimum atomic E-state index is -0.116. The summed E-state index contributed by atoms with van der Waals surface area (Å²) in [5, 5.41) is 11.7. The summed E-state index contributed by atoms with van der Waals surface area (Å²) in [6.07, 6.45) is 3.99. The maximum atomic E-state index is 12.0. The van der Waals surface area contributed by atoms with Crippen LogP contribution >= 0.6 is 23.1 Å². The van der Waals surface area contributed by atoms with Gasteiger partial charge in [-0.15, -0.1) is 10.2 Å². The molecule has 1 N–H and O–H groups in total. The van der Waals surface area contributed by atoms with Crippen LogP contribution in [0.3, 0.4) is 0 Å². The van der Waals surface area contributed by atoms with Crippen molar-refractivity contribution in [1.29, 1.82) is 0 Å². The minimum Gasteiger partial charge on any atom is -0.342 e. The molecule has 0 saturated carbocycles. The molecule has 1 aromatic rings. The predicted molar refractivity (Wildman–Crippen MR) is 89.2 cm³/mol. The SMILES string of the molecule is CC(C)Sc1nnc(NC(=O)CCN2CCCCCC2=O)s1. The summed E-state index contributed by atoms with van der Waals surface area (Å²) < 4.78 is 0.855. The van der Waals surface area contributed by atoms with Crippen LogP contribution < -0.4 is 5.32 Å². The standard InChI is InChI=1S/C14H22N4O2S2/c1-10(2)21-14-17-16-13(22-14)15-11(19)7-9-18-8-5-3-4-6-12(18)20/h10H,3-9H2,1-2H3,(H,15,16,19). The van der Waals surface area contributed by atoms with Gasteiger partial charge in [0.1, 0.15) is 0 Å². The molecular formula is C14H22N4O2S2. The topological polar surface area (TPSA) is 75.2 Å². The summed E-state index contributed by atoms with van der Waals surface area (Å²) in [5.41, 5.74) is 0. The second kappa shape index (κ2) is 8.47. The maximum absolute atomic E-state index is 12.0. The van der Waals surface area contributed by atoms with Crippen molar-refractivity contribution >= 4 is 40.0 Å². The number of hydrogen-bond acceptors (Lipinski definition) is 6. The molecule has 0 bridgehead atoms. The van der Waals surface area contributed by atoms with Gasteiger partial charge in [0.05, 0.1) is 0 Å². The van der Waals surface area contributed by atoms with E-state index in [0.29, 0.717) is 29.8 Å². The summed E-state index contributed by atoms with van der Waals surface area (Å²) in [6, 6.07) is 0. The van der Waals surface area contributed by atoms with E-state index < -0.39 is 0 Å². The summed E-state index contributed by atoms with van der Waals surface area (Å²) in [7, 11) is 0. The lowest BCUT2D eigenvalue weighted by atomic mass is 10.2. The van der Waals surface area contributed by atoms with E-state index in [1.54, 1.807) is 16.7 Å². The van der Waals surface area contributed by atoms with E-state index in [4.69, 9.17) is 0 Å². The molecule has 1 aliphatic rings. The highest BCUT2D eigenvalue weighted by Crippen LogP contribution is 2.28. The molecule has 1 saturated heterocycles. The van der Waals surface area contributed by atoms with Crippen LogP contribution in [0.15, 0.2) is 4.34 Å². The molecule has 0 atom stereocenters. The number of rotatable bonds is 6. The van der Waals surface area contributed by atoms with Crippen LogP contribution in [0, 0.1) is 0 Å². The van der Waals surface area contributed by atoms with E-state index in [1.165, 1.54) is 11.3 Å². The molecule has 0 spiro atoms. The van der Waals surface area contributed by atoms with Crippen molar-refractivity contribution in [3.8, 4) is 0 Å². The molecule has 22 heavy (non-hydrogen) atoms. The molecule has 2 rings (SSSR count). The largest absolute Gasteiger partial charge is 0.342 e. The summed E-state index contributed by atoms with van der Waals surface area (Å²) in [4.78, 5) is 25.6. The Balaban J connectivity index is 1.77. The van der Waals surface area contributed by atoms with Gasteiger partial charge in [0.25, 0.3) is 0 Å².